The molecular weight excluding hydrogens is 305 g/mol. The normalized spacial score (nSPS) is 10.8. The first-order valence-corrected chi connectivity index (χ1v) is 8.28. The number of nitrogens with zero attached hydrogens (tertiary/aromatic N) is 1. The van der Waals surface area contributed by atoms with Crippen LogP contribution in [0.4, 0.5) is 15.8 Å². The molecule has 4 nitrogen and oxygen atoms in total. The molecule has 0 amide bonds. The summed E-state index contributed by atoms with van der Waals surface area (Å²) in [6.45, 7) is 4.89. The minimum Gasteiger partial charge on any atom is -0.491 e. The molecule has 3 N–H and O–H groups in total. The number of hydrogen-bond acceptors (Lipinski definition) is 4. The average molecular weight is 331 g/mol. The van der Waals surface area contributed by atoms with Gasteiger partial charge in [0.25, 0.3) is 0 Å². The van der Waals surface area contributed by atoms with Crippen molar-refractivity contribution >= 4 is 11.4 Å². The van der Waals surface area contributed by atoms with Crippen LogP contribution in [0.2, 0.25) is 0 Å². The highest BCUT2D eigenvalue weighted by molar-refractivity contribution is 5.68. The largest absolute Gasteiger partial charge is 0.491 e. The molecule has 0 saturated heterocycles. The maximum absolute atomic E-state index is 13.7. The SMILES string of the molecule is CCOc1cc(NCCCN(C)Cc2ccccc2)c(N)cc1F. The molecule has 2 aromatic carbocycles. The Kier molecular flexibility index (Phi) is 6.88. The summed E-state index contributed by atoms with van der Waals surface area (Å²) in [6, 6.07) is 13.3. The fourth-order valence-electron chi connectivity index (χ4n) is 2.53. The lowest BCUT2D eigenvalue weighted by Gasteiger charge is -2.17. The van der Waals surface area contributed by atoms with Crippen molar-refractivity contribution in [3.63, 3.8) is 0 Å². The van der Waals surface area contributed by atoms with Gasteiger partial charge in [0.1, 0.15) is 0 Å². The molecule has 0 fully saturated rings. The first-order chi connectivity index (χ1) is 11.6. The van der Waals surface area contributed by atoms with Crippen molar-refractivity contribution in [3.05, 3.63) is 53.8 Å². The van der Waals surface area contributed by atoms with E-state index >= 15 is 0 Å². The van der Waals surface area contributed by atoms with Crippen LogP contribution in [0.1, 0.15) is 18.9 Å². The Morgan fingerprint density at radius 1 is 1.21 bits per heavy atom. The molecule has 0 aliphatic heterocycles. The lowest BCUT2D eigenvalue weighted by molar-refractivity contribution is 0.321. The molecule has 2 aromatic rings. The minimum atomic E-state index is -0.428. The molecular formula is C19H26FN3O. The van der Waals surface area contributed by atoms with Crippen LogP contribution in [0.15, 0.2) is 42.5 Å². The van der Waals surface area contributed by atoms with Crippen molar-refractivity contribution in [1.29, 1.82) is 0 Å². The maximum atomic E-state index is 13.7. The van der Waals surface area contributed by atoms with Crippen molar-refractivity contribution in [2.75, 3.05) is 37.8 Å². The van der Waals surface area contributed by atoms with Crippen molar-refractivity contribution in [1.82, 2.24) is 4.90 Å². The quantitative estimate of drug-likeness (QED) is 0.543. The van der Waals surface area contributed by atoms with Crippen LogP contribution in [0.5, 0.6) is 5.75 Å². The fraction of sp³-hybridized carbons (Fsp3) is 0.368. The standard InChI is InChI=1S/C19H26FN3O/c1-3-24-19-13-18(17(21)12-16(19)20)22-10-7-11-23(2)14-15-8-5-4-6-9-15/h4-6,8-9,12-13,22H,3,7,10-11,14,21H2,1-2H3. The van der Waals surface area contributed by atoms with Crippen molar-refractivity contribution in [2.45, 2.75) is 19.9 Å². The Balaban J connectivity index is 1.78. The van der Waals surface area contributed by atoms with Gasteiger partial charge in [0.15, 0.2) is 11.6 Å². The van der Waals surface area contributed by atoms with Crippen LogP contribution in [-0.4, -0.2) is 31.6 Å². The Hall–Kier alpha value is -2.27. The lowest BCUT2D eigenvalue weighted by Crippen LogP contribution is -2.21. The minimum absolute atomic E-state index is 0.232. The Morgan fingerprint density at radius 3 is 2.67 bits per heavy atom. The zero-order valence-corrected chi connectivity index (χ0v) is 14.4. The summed E-state index contributed by atoms with van der Waals surface area (Å²) >= 11 is 0. The molecule has 0 unspecified atom stereocenters. The van der Waals surface area contributed by atoms with Gasteiger partial charge in [-0.05, 0) is 32.5 Å². The Bertz CT molecular complexity index is 634. The number of nitrogen functional groups attached to an aromatic ring is 1. The van der Waals surface area contributed by atoms with Gasteiger partial charge in [-0.2, -0.15) is 0 Å². The molecule has 0 heterocycles. The predicted octanol–water partition coefficient (Wildman–Crippen LogP) is 3.74. The van der Waals surface area contributed by atoms with E-state index in [2.05, 4.69) is 41.5 Å². The fourth-order valence-corrected chi connectivity index (χ4v) is 2.53. The van der Waals surface area contributed by atoms with E-state index in [4.69, 9.17) is 10.5 Å². The summed E-state index contributed by atoms with van der Waals surface area (Å²) < 4.78 is 18.9. The molecule has 2 rings (SSSR count). The summed E-state index contributed by atoms with van der Waals surface area (Å²) in [7, 11) is 2.10. The van der Waals surface area contributed by atoms with Crippen LogP contribution in [0, 0.1) is 5.82 Å². The molecule has 0 aliphatic rings. The first kappa shape index (κ1) is 18.1. The summed E-state index contributed by atoms with van der Waals surface area (Å²) in [4.78, 5) is 2.27. The predicted molar refractivity (Wildman–Crippen MR) is 97.9 cm³/mol. The van der Waals surface area contributed by atoms with E-state index in [0.717, 1.165) is 26.1 Å². The molecule has 5 heteroatoms. The Morgan fingerprint density at radius 2 is 1.96 bits per heavy atom. The number of ether oxygens (including phenoxy) is 1. The molecule has 0 aliphatic carbocycles. The number of rotatable bonds is 9. The second-order valence-electron chi connectivity index (χ2n) is 5.81. The number of halogens is 1. The number of nitrogens with one attached hydrogen (secondary N) is 1. The van der Waals surface area contributed by atoms with Gasteiger partial charge in [0, 0.05) is 25.2 Å². The molecule has 0 bridgehead atoms. The smallest absolute Gasteiger partial charge is 0.167 e. The van der Waals surface area contributed by atoms with Crippen LogP contribution in [0.25, 0.3) is 0 Å². The summed E-state index contributed by atoms with van der Waals surface area (Å²) in [5.41, 5.74) is 8.28. The van der Waals surface area contributed by atoms with E-state index in [1.54, 1.807) is 6.07 Å². The van der Waals surface area contributed by atoms with Gasteiger partial charge in [-0.1, -0.05) is 30.3 Å². The highest BCUT2D eigenvalue weighted by atomic mass is 19.1. The average Bonchev–Trinajstić information content (AvgIpc) is 2.56. The summed E-state index contributed by atoms with van der Waals surface area (Å²) in [6.07, 6.45) is 0.962. The summed E-state index contributed by atoms with van der Waals surface area (Å²) in [5.74, 6) is -0.196. The number of nitrogens with two attached hydrogens (primary N) is 1. The van der Waals surface area contributed by atoms with Crippen LogP contribution in [-0.2, 0) is 6.54 Å². The third-order valence-electron chi connectivity index (χ3n) is 3.73. The molecule has 0 saturated carbocycles. The molecule has 130 valence electrons. The van der Waals surface area contributed by atoms with Crippen LogP contribution < -0.4 is 15.8 Å². The van der Waals surface area contributed by atoms with Gasteiger partial charge in [-0.15, -0.1) is 0 Å². The number of hydrogen-bond donors (Lipinski definition) is 2. The van der Waals surface area contributed by atoms with Crippen molar-refractivity contribution < 1.29 is 9.13 Å². The molecule has 0 atom stereocenters. The van der Waals surface area contributed by atoms with E-state index in [9.17, 15) is 4.39 Å². The molecule has 0 radical (unpaired) electrons. The van der Waals surface area contributed by atoms with E-state index in [1.165, 1.54) is 11.6 Å². The topological polar surface area (TPSA) is 50.5 Å². The second-order valence-corrected chi connectivity index (χ2v) is 5.81. The third-order valence-corrected chi connectivity index (χ3v) is 3.73. The highest BCUT2D eigenvalue weighted by Crippen LogP contribution is 2.28. The van der Waals surface area contributed by atoms with E-state index in [-0.39, 0.29) is 5.75 Å². The van der Waals surface area contributed by atoms with Gasteiger partial charge in [0.05, 0.1) is 18.0 Å². The van der Waals surface area contributed by atoms with Crippen LogP contribution >= 0.6 is 0 Å². The van der Waals surface area contributed by atoms with Gasteiger partial charge in [-0.25, -0.2) is 4.39 Å². The highest BCUT2D eigenvalue weighted by Gasteiger charge is 2.08. The van der Waals surface area contributed by atoms with Gasteiger partial charge in [-0.3, -0.25) is 0 Å². The second kappa shape index (κ2) is 9.13. The van der Waals surface area contributed by atoms with Gasteiger partial charge in [0.2, 0.25) is 0 Å². The van der Waals surface area contributed by atoms with Crippen molar-refractivity contribution in [2.24, 2.45) is 0 Å². The molecule has 0 aromatic heterocycles. The van der Waals surface area contributed by atoms with E-state index in [0.29, 0.717) is 18.0 Å². The third kappa shape index (κ3) is 5.42. The number of benzene rings is 2. The van der Waals surface area contributed by atoms with Crippen molar-refractivity contribution in [3.8, 4) is 5.75 Å². The summed E-state index contributed by atoms with van der Waals surface area (Å²) in [5, 5.41) is 3.26. The zero-order chi connectivity index (χ0) is 17.4. The van der Waals surface area contributed by atoms with E-state index < -0.39 is 5.82 Å². The zero-order valence-electron chi connectivity index (χ0n) is 14.4. The first-order valence-electron chi connectivity index (χ1n) is 8.28. The van der Waals surface area contributed by atoms with E-state index in [1.807, 2.05) is 13.0 Å². The van der Waals surface area contributed by atoms with Crippen LogP contribution in [0.3, 0.4) is 0 Å². The van der Waals surface area contributed by atoms with Gasteiger partial charge >= 0.3 is 0 Å². The lowest BCUT2D eigenvalue weighted by atomic mass is 10.2. The maximum Gasteiger partial charge on any atom is 0.167 e. The number of anilines is 2. The Labute approximate surface area is 143 Å². The molecule has 0 spiro atoms. The molecule has 24 heavy (non-hydrogen) atoms. The van der Waals surface area contributed by atoms with Gasteiger partial charge < -0.3 is 20.7 Å². The monoisotopic (exact) mass is 331 g/mol.